The van der Waals surface area contributed by atoms with Crippen LogP contribution >= 0.6 is 11.6 Å². The molecule has 0 fully saturated rings. The maximum atomic E-state index is 12.0. The number of carbonyl (C=O) groups is 1. The number of rotatable bonds is 4. The van der Waals surface area contributed by atoms with Crippen molar-refractivity contribution >= 4 is 17.5 Å². The zero-order valence-electron chi connectivity index (χ0n) is 10.8. The number of benzene rings is 2. The molecule has 1 atom stereocenters. The molecule has 2 rings (SSSR count). The second-order valence-electron chi connectivity index (χ2n) is 4.53. The summed E-state index contributed by atoms with van der Waals surface area (Å²) in [6.45, 7) is 2.70. The molecule has 0 aliphatic rings. The smallest absolute Gasteiger partial charge is 0.251 e. The topological polar surface area (TPSA) is 29.1 Å². The average Bonchev–Trinajstić information content (AvgIpc) is 2.45. The van der Waals surface area contributed by atoms with Crippen LogP contribution < -0.4 is 5.32 Å². The third kappa shape index (κ3) is 3.83. The SMILES string of the molecule is C[C@H](CNC(=O)c1cccc(Cl)c1)c1ccccc1. The summed E-state index contributed by atoms with van der Waals surface area (Å²) in [6.07, 6.45) is 0. The van der Waals surface area contributed by atoms with E-state index in [1.54, 1.807) is 24.3 Å². The molecule has 0 spiro atoms. The number of hydrogen-bond donors (Lipinski definition) is 1. The van der Waals surface area contributed by atoms with Gasteiger partial charge in [-0.2, -0.15) is 0 Å². The van der Waals surface area contributed by atoms with Crippen molar-refractivity contribution in [2.75, 3.05) is 6.54 Å². The fourth-order valence-electron chi connectivity index (χ4n) is 1.88. The molecule has 0 aromatic heterocycles. The summed E-state index contributed by atoms with van der Waals surface area (Å²) in [5.41, 5.74) is 1.81. The lowest BCUT2D eigenvalue weighted by atomic mass is 10.0. The van der Waals surface area contributed by atoms with Crippen molar-refractivity contribution in [1.29, 1.82) is 0 Å². The molecule has 0 aliphatic heterocycles. The first kappa shape index (κ1) is 13.6. The van der Waals surface area contributed by atoms with Gasteiger partial charge in [0.1, 0.15) is 0 Å². The Balaban J connectivity index is 1.94. The Morgan fingerprint density at radius 3 is 2.58 bits per heavy atom. The van der Waals surface area contributed by atoms with E-state index in [2.05, 4.69) is 24.4 Å². The van der Waals surface area contributed by atoms with Gasteiger partial charge in [-0.3, -0.25) is 4.79 Å². The Labute approximate surface area is 118 Å². The lowest BCUT2D eigenvalue weighted by molar-refractivity contribution is 0.0951. The maximum Gasteiger partial charge on any atom is 0.251 e. The van der Waals surface area contributed by atoms with Crippen LogP contribution in [0.25, 0.3) is 0 Å². The van der Waals surface area contributed by atoms with Crippen LogP contribution in [0.15, 0.2) is 54.6 Å². The predicted molar refractivity (Wildman–Crippen MR) is 78.6 cm³/mol. The van der Waals surface area contributed by atoms with E-state index in [1.165, 1.54) is 5.56 Å². The van der Waals surface area contributed by atoms with Gasteiger partial charge in [-0.25, -0.2) is 0 Å². The van der Waals surface area contributed by atoms with Crippen LogP contribution in [-0.2, 0) is 0 Å². The molecule has 0 radical (unpaired) electrons. The van der Waals surface area contributed by atoms with Crippen molar-refractivity contribution in [2.24, 2.45) is 0 Å². The first-order valence-electron chi connectivity index (χ1n) is 6.25. The van der Waals surface area contributed by atoms with Gasteiger partial charge in [-0.15, -0.1) is 0 Å². The Bertz CT molecular complexity index is 554. The summed E-state index contributed by atoms with van der Waals surface area (Å²) in [6, 6.07) is 17.1. The molecule has 2 aromatic rings. The Morgan fingerprint density at radius 2 is 1.89 bits per heavy atom. The standard InChI is InChI=1S/C16H16ClNO/c1-12(13-6-3-2-4-7-13)11-18-16(19)14-8-5-9-15(17)10-14/h2-10,12H,11H2,1H3,(H,18,19)/t12-/m1/s1. The number of nitrogens with one attached hydrogen (secondary N) is 1. The molecule has 0 aliphatic carbocycles. The van der Waals surface area contributed by atoms with E-state index in [1.807, 2.05) is 18.2 Å². The molecule has 1 N–H and O–H groups in total. The average molecular weight is 274 g/mol. The van der Waals surface area contributed by atoms with E-state index in [-0.39, 0.29) is 11.8 Å². The number of halogens is 1. The van der Waals surface area contributed by atoms with Crippen LogP contribution in [0.5, 0.6) is 0 Å². The summed E-state index contributed by atoms with van der Waals surface area (Å²) in [4.78, 5) is 12.0. The Kier molecular flexibility index (Phi) is 4.58. The van der Waals surface area contributed by atoms with Gasteiger partial charge < -0.3 is 5.32 Å². The van der Waals surface area contributed by atoms with Gasteiger partial charge in [0, 0.05) is 17.1 Å². The summed E-state index contributed by atoms with van der Waals surface area (Å²) in [7, 11) is 0. The second kappa shape index (κ2) is 6.39. The second-order valence-corrected chi connectivity index (χ2v) is 4.97. The van der Waals surface area contributed by atoms with E-state index >= 15 is 0 Å². The third-order valence-corrected chi connectivity index (χ3v) is 3.26. The summed E-state index contributed by atoms with van der Waals surface area (Å²) in [5, 5.41) is 3.50. The molecule has 2 aromatic carbocycles. The summed E-state index contributed by atoms with van der Waals surface area (Å²) >= 11 is 5.87. The largest absolute Gasteiger partial charge is 0.351 e. The molecule has 0 unspecified atom stereocenters. The molecule has 2 nitrogen and oxygen atoms in total. The van der Waals surface area contributed by atoms with Crippen molar-refractivity contribution in [1.82, 2.24) is 5.32 Å². The first-order chi connectivity index (χ1) is 9.16. The van der Waals surface area contributed by atoms with Crippen molar-refractivity contribution in [2.45, 2.75) is 12.8 Å². The molecule has 0 heterocycles. The highest BCUT2D eigenvalue weighted by Crippen LogP contribution is 2.14. The van der Waals surface area contributed by atoms with E-state index in [0.29, 0.717) is 17.1 Å². The highest BCUT2D eigenvalue weighted by molar-refractivity contribution is 6.30. The van der Waals surface area contributed by atoms with Crippen LogP contribution in [0.4, 0.5) is 0 Å². The van der Waals surface area contributed by atoms with Crippen molar-refractivity contribution in [3.05, 3.63) is 70.7 Å². The van der Waals surface area contributed by atoms with Crippen LogP contribution in [0.2, 0.25) is 5.02 Å². The highest BCUT2D eigenvalue weighted by Gasteiger charge is 2.09. The molecule has 19 heavy (non-hydrogen) atoms. The van der Waals surface area contributed by atoms with Gasteiger partial charge in [-0.05, 0) is 29.7 Å². The highest BCUT2D eigenvalue weighted by atomic mass is 35.5. The molecule has 1 amide bonds. The molecular weight excluding hydrogens is 258 g/mol. The fraction of sp³-hybridized carbons (Fsp3) is 0.188. The molecule has 0 bridgehead atoms. The normalized spacial score (nSPS) is 11.9. The van der Waals surface area contributed by atoms with Crippen molar-refractivity contribution in [3.8, 4) is 0 Å². The minimum absolute atomic E-state index is 0.0923. The van der Waals surface area contributed by atoms with Gasteiger partial charge >= 0.3 is 0 Å². The minimum atomic E-state index is -0.0923. The monoisotopic (exact) mass is 273 g/mol. The summed E-state index contributed by atoms with van der Waals surface area (Å²) < 4.78 is 0. The van der Waals surface area contributed by atoms with Gasteiger partial charge in [-0.1, -0.05) is 54.9 Å². The zero-order valence-corrected chi connectivity index (χ0v) is 11.5. The van der Waals surface area contributed by atoms with E-state index < -0.39 is 0 Å². The van der Waals surface area contributed by atoms with Gasteiger partial charge in [0.05, 0.1) is 0 Å². The Morgan fingerprint density at radius 1 is 1.16 bits per heavy atom. The van der Waals surface area contributed by atoms with Gasteiger partial charge in [0.15, 0.2) is 0 Å². The van der Waals surface area contributed by atoms with E-state index in [9.17, 15) is 4.79 Å². The van der Waals surface area contributed by atoms with Crippen LogP contribution in [-0.4, -0.2) is 12.5 Å². The van der Waals surface area contributed by atoms with E-state index in [0.717, 1.165) is 0 Å². The quantitative estimate of drug-likeness (QED) is 0.900. The van der Waals surface area contributed by atoms with Crippen LogP contribution in [0.1, 0.15) is 28.8 Å². The minimum Gasteiger partial charge on any atom is -0.351 e. The van der Waals surface area contributed by atoms with Gasteiger partial charge in [0.25, 0.3) is 5.91 Å². The zero-order chi connectivity index (χ0) is 13.7. The lowest BCUT2D eigenvalue weighted by Crippen LogP contribution is -2.27. The molecule has 3 heteroatoms. The summed E-state index contributed by atoms with van der Waals surface area (Å²) in [5.74, 6) is 0.189. The Hall–Kier alpha value is -1.80. The molecule has 98 valence electrons. The number of amides is 1. The maximum absolute atomic E-state index is 12.0. The fourth-order valence-corrected chi connectivity index (χ4v) is 2.07. The van der Waals surface area contributed by atoms with Crippen LogP contribution in [0.3, 0.4) is 0 Å². The number of hydrogen-bond acceptors (Lipinski definition) is 1. The molecular formula is C16H16ClNO. The third-order valence-electron chi connectivity index (χ3n) is 3.02. The van der Waals surface area contributed by atoms with E-state index in [4.69, 9.17) is 11.6 Å². The molecule has 0 saturated carbocycles. The first-order valence-corrected chi connectivity index (χ1v) is 6.63. The lowest BCUT2D eigenvalue weighted by Gasteiger charge is -2.13. The van der Waals surface area contributed by atoms with Crippen molar-refractivity contribution in [3.63, 3.8) is 0 Å². The van der Waals surface area contributed by atoms with Gasteiger partial charge in [0.2, 0.25) is 0 Å². The van der Waals surface area contributed by atoms with Crippen LogP contribution in [0, 0.1) is 0 Å². The number of carbonyl (C=O) groups excluding carboxylic acids is 1. The molecule has 0 saturated heterocycles. The predicted octanol–water partition coefficient (Wildman–Crippen LogP) is 3.87. The van der Waals surface area contributed by atoms with Crippen molar-refractivity contribution < 1.29 is 4.79 Å².